The smallest absolute Gasteiger partial charge is 0.168 e. The van der Waals surface area contributed by atoms with E-state index in [1.165, 1.54) is 6.07 Å². The number of Topliss-reactive ketones (excluding diaryl/α,β-unsaturated/α-hetero) is 1. The van der Waals surface area contributed by atoms with Crippen molar-refractivity contribution in [1.82, 2.24) is 0 Å². The lowest BCUT2D eigenvalue weighted by atomic mass is 9.99. The number of halogens is 2. The van der Waals surface area contributed by atoms with Crippen LogP contribution >= 0.6 is 11.6 Å². The molecule has 1 saturated carbocycles. The first-order valence-electron chi connectivity index (χ1n) is 6.10. The molecule has 0 saturated heterocycles. The molecule has 1 aliphatic rings. The van der Waals surface area contributed by atoms with Crippen molar-refractivity contribution in [2.75, 3.05) is 0 Å². The summed E-state index contributed by atoms with van der Waals surface area (Å²) in [5.74, 6) is -0.392. The molecule has 18 heavy (non-hydrogen) atoms. The number of aryl methyl sites for hydroxylation is 1. The van der Waals surface area contributed by atoms with Gasteiger partial charge < -0.3 is 0 Å². The van der Waals surface area contributed by atoms with E-state index in [4.69, 9.17) is 11.6 Å². The summed E-state index contributed by atoms with van der Waals surface area (Å²) in [4.78, 5) is 12.5. The largest absolute Gasteiger partial charge is 0.294 e. The van der Waals surface area contributed by atoms with E-state index in [9.17, 15) is 9.18 Å². The molecule has 1 aromatic rings. The molecular formula is C15H18ClFO. The third-order valence-electron chi connectivity index (χ3n) is 4.80. The summed E-state index contributed by atoms with van der Waals surface area (Å²) >= 11 is 5.99. The van der Waals surface area contributed by atoms with Crippen molar-refractivity contribution in [3.05, 3.63) is 34.1 Å². The molecule has 0 bridgehead atoms. The Hall–Kier alpha value is -0.890. The molecule has 0 aliphatic heterocycles. The molecule has 1 aromatic carbocycles. The predicted molar refractivity (Wildman–Crippen MR) is 71.5 cm³/mol. The maximum absolute atomic E-state index is 13.3. The summed E-state index contributed by atoms with van der Waals surface area (Å²) in [6.07, 6.45) is 0. The van der Waals surface area contributed by atoms with Gasteiger partial charge in [0.2, 0.25) is 0 Å². The van der Waals surface area contributed by atoms with Crippen LogP contribution < -0.4 is 0 Å². The Morgan fingerprint density at radius 1 is 1.22 bits per heavy atom. The van der Waals surface area contributed by atoms with Crippen LogP contribution in [0.2, 0.25) is 5.02 Å². The van der Waals surface area contributed by atoms with Crippen LogP contribution in [0.15, 0.2) is 12.1 Å². The topological polar surface area (TPSA) is 17.1 Å². The van der Waals surface area contributed by atoms with Gasteiger partial charge >= 0.3 is 0 Å². The van der Waals surface area contributed by atoms with Crippen LogP contribution in [0.3, 0.4) is 0 Å². The van der Waals surface area contributed by atoms with Crippen LogP contribution in [0, 0.1) is 29.5 Å². The van der Waals surface area contributed by atoms with Crippen molar-refractivity contribution in [2.45, 2.75) is 34.6 Å². The Kier molecular flexibility index (Phi) is 2.86. The summed E-state index contributed by atoms with van der Waals surface area (Å²) in [7, 11) is 0. The normalized spacial score (nSPS) is 20.8. The van der Waals surface area contributed by atoms with Crippen LogP contribution in [-0.2, 0) is 0 Å². The standard InChI is InChI=1S/C15H18ClFO/c1-8-6-9(10(16)7-11(8)17)12(18)13-14(2,3)15(13,4)5/h6-7,13H,1-5H3. The SMILES string of the molecule is Cc1cc(C(=O)C2C(C)(C)C2(C)C)c(Cl)cc1F. The molecule has 0 aromatic heterocycles. The van der Waals surface area contributed by atoms with Crippen LogP contribution in [0.1, 0.15) is 43.6 Å². The van der Waals surface area contributed by atoms with Gasteiger partial charge in [0.25, 0.3) is 0 Å². The molecular weight excluding hydrogens is 251 g/mol. The Morgan fingerprint density at radius 2 is 1.72 bits per heavy atom. The van der Waals surface area contributed by atoms with E-state index >= 15 is 0 Å². The minimum atomic E-state index is -0.370. The Bertz CT molecular complexity index is 518. The highest BCUT2D eigenvalue weighted by Gasteiger charge is 2.68. The maximum atomic E-state index is 13.3. The van der Waals surface area contributed by atoms with E-state index in [1.54, 1.807) is 13.0 Å². The van der Waals surface area contributed by atoms with E-state index in [-0.39, 0.29) is 33.4 Å². The molecule has 0 unspecified atom stereocenters. The van der Waals surface area contributed by atoms with Crippen molar-refractivity contribution in [2.24, 2.45) is 16.7 Å². The van der Waals surface area contributed by atoms with E-state index < -0.39 is 0 Å². The quantitative estimate of drug-likeness (QED) is 0.714. The van der Waals surface area contributed by atoms with E-state index in [0.717, 1.165) is 0 Å². The Balaban J connectivity index is 2.41. The number of carbonyl (C=O) groups excluding carboxylic acids is 1. The third kappa shape index (κ3) is 1.70. The average molecular weight is 269 g/mol. The maximum Gasteiger partial charge on any atom is 0.168 e. The van der Waals surface area contributed by atoms with E-state index in [0.29, 0.717) is 11.1 Å². The molecule has 0 amide bonds. The molecule has 1 fully saturated rings. The highest BCUT2D eigenvalue weighted by atomic mass is 35.5. The van der Waals surface area contributed by atoms with Gasteiger partial charge in [-0.2, -0.15) is 0 Å². The van der Waals surface area contributed by atoms with Crippen LogP contribution in [-0.4, -0.2) is 5.78 Å². The van der Waals surface area contributed by atoms with Gasteiger partial charge in [0.15, 0.2) is 5.78 Å². The second kappa shape index (κ2) is 3.80. The minimum absolute atomic E-state index is 0.0260. The molecule has 0 radical (unpaired) electrons. The first-order valence-corrected chi connectivity index (χ1v) is 6.48. The molecule has 2 rings (SSSR count). The van der Waals surface area contributed by atoms with Gasteiger partial charge in [-0.15, -0.1) is 0 Å². The lowest BCUT2D eigenvalue weighted by molar-refractivity contribution is 0.0945. The summed E-state index contributed by atoms with van der Waals surface area (Å²) in [6.45, 7) is 9.98. The zero-order valence-electron chi connectivity index (χ0n) is 11.4. The van der Waals surface area contributed by atoms with Gasteiger partial charge in [-0.1, -0.05) is 39.3 Å². The molecule has 0 spiro atoms. The zero-order chi connectivity index (χ0) is 13.9. The van der Waals surface area contributed by atoms with E-state index in [2.05, 4.69) is 27.7 Å². The number of carbonyl (C=O) groups is 1. The zero-order valence-corrected chi connectivity index (χ0v) is 12.2. The molecule has 0 heterocycles. The molecule has 1 nitrogen and oxygen atoms in total. The van der Waals surface area contributed by atoms with Gasteiger partial charge in [0.05, 0.1) is 5.02 Å². The van der Waals surface area contributed by atoms with Gasteiger partial charge in [-0.3, -0.25) is 4.79 Å². The van der Waals surface area contributed by atoms with Gasteiger partial charge in [-0.25, -0.2) is 4.39 Å². The van der Waals surface area contributed by atoms with Gasteiger partial charge in [0.1, 0.15) is 5.82 Å². The summed E-state index contributed by atoms with van der Waals surface area (Å²) in [5, 5.41) is 0.210. The second-order valence-corrected chi connectivity index (χ2v) is 6.73. The molecule has 0 N–H and O–H groups in total. The van der Waals surface area contributed by atoms with Crippen LogP contribution in [0.4, 0.5) is 4.39 Å². The number of benzene rings is 1. The molecule has 3 heteroatoms. The monoisotopic (exact) mass is 268 g/mol. The van der Waals surface area contributed by atoms with E-state index in [1.807, 2.05) is 0 Å². The fraction of sp³-hybridized carbons (Fsp3) is 0.533. The first kappa shape index (κ1) is 13.5. The lowest BCUT2D eigenvalue weighted by Gasteiger charge is -2.07. The Labute approximate surface area is 112 Å². The molecule has 1 aliphatic carbocycles. The van der Waals surface area contributed by atoms with Crippen LogP contribution in [0.25, 0.3) is 0 Å². The lowest BCUT2D eigenvalue weighted by Crippen LogP contribution is -2.09. The highest BCUT2D eigenvalue weighted by molar-refractivity contribution is 6.34. The number of hydrogen-bond acceptors (Lipinski definition) is 1. The van der Waals surface area contributed by atoms with Crippen molar-refractivity contribution in [3.63, 3.8) is 0 Å². The van der Waals surface area contributed by atoms with Gasteiger partial charge in [-0.05, 0) is 35.4 Å². The fourth-order valence-corrected chi connectivity index (χ4v) is 3.10. The fourth-order valence-electron chi connectivity index (χ4n) is 2.85. The van der Waals surface area contributed by atoms with Gasteiger partial charge in [0, 0.05) is 11.5 Å². The number of hydrogen-bond donors (Lipinski definition) is 0. The molecule has 0 atom stereocenters. The average Bonchev–Trinajstić information content (AvgIpc) is 2.62. The van der Waals surface area contributed by atoms with Crippen molar-refractivity contribution < 1.29 is 9.18 Å². The van der Waals surface area contributed by atoms with Crippen molar-refractivity contribution >= 4 is 17.4 Å². The number of rotatable bonds is 2. The summed E-state index contributed by atoms with van der Waals surface area (Å²) in [5.41, 5.74) is 0.837. The highest BCUT2D eigenvalue weighted by Crippen LogP contribution is 2.69. The molecule has 98 valence electrons. The minimum Gasteiger partial charge on any atom is -0.294 e. The predicted octanol–water partition coefficient (Wildman–Crippen LogP) is 4.65. The Morgan fingerprint density at radius 3 is 2.17 bits per heavy atom. The number of ketones is 1. The van der Waals surface area contributed by atoms with Crippen LogP contribution in [0.5, 0.6) is 0 Å². The summed E-state index contributed by atoms with van der Waals surface area (Å²) in [6, 6.07) is 2.79. The van der Waals surface area contributed by atoms with Crippen molar-refractivity contribution in [1.29, 1.82) is 0 Å². The van der Waals surface area contributed by atoms with Crippen molar-refractivity contribution in [3.8, 4) is 0 Å². The second-order valence-electron chi connectivity index (χ2n) is 6.32. The summed E-state index contributed by atoms with van der Waals surface area (Å²) < 4.78 is 13.3. The third-order valence-corrected chi connectivity index (χ3v) is 5.11. The first-order chi connectivity index (χ1) is 8.10.